The number of rotatable bonds is 7. The summed E-state index contributed by atoms with van der Waals surface area (Å²) in [6.45, 7) is 3.69. The van der Waals surface area contributed by atoms with Gasteiger partial charge in [-0.2, -0.15) is 0 Å². The van der Waals surface area contributed by atoms with Crippen molar-refractivity contribution in [1.29, 1.82) is 0 Å². The van der Waals surface area contributed by atoms with Gasteiger partial charge in [0.05, 0.1) is 12.1 Å². The normalized spacial score (nSPS) is 11.2. The lowest BCUT2D eigenvalue weighted by Crippen LogP contribution is -2.54. The number of methoxy groups -OCH3 is 1. The second-order valence-electron chi connectivity index (χ2n) is 3.99. The van der Waals surface area contributed by atoms with Crippen LogP contribution in [-0.4, -0.2) is 61.3 Å². The zero-order chi connectivity index (χ0) is 12.8. The van der Waals surface area contributed by atoms with E-state index in [1.54, 1.807) is 20.9 Å². The third-order valence-electron chi connectivity index (χ3n) is 2.34. The molecule has 2 N–H and O–H groups in total. The molecule has 0 aliphatic heterocycles. The van der Waals surface area contributed by atoms with Crippen molar-refractivity contribution in [3.63, 3.8) is 0 Å². The largest absolute Gasteiger partial charge is 0.480 e. The van der Waals surface area contributed by atoms with Gasteiger partial charge in [-0.3, -0.25) is 9.59 Å². The molecule has 0 rings (SSSR count). The Bertz CT molecular complexity index is 253. The van der Waals surface area contributed by atoms with E-state index in [0.29, 0.717) is 6.61 Å². The van der Waals surface area contributed by atoms with Crippen molar-refractivity contribution in [2.24, 2.45) is 0 Å². The molecular weight excluding hydrogens is 212 g/mol. The highest BCUT2D eigenvalue weighted by atomic mass is 16.5. The third-order valence-corrected chi connectivity index (χ3v) is 2.34. The number of carboxylic acids is 1. The summed E-state index contributed by atoms with van der Waals surface area (Å²) in [6, 6.07) is 0. The predicted octanol–water partition coefficient (Wildman–Crippen LogP) is -0.456. The highest BCUT2D eigenvalue weighted by Gasteiger charge is 2.31. The average Bonchev–Trinajstić information content (AvgIpc) is 2.22. The highest BCUT2D eigenvalue weighted by molar-refractivity contribution is 5.88. The first-order chi connectivity index (χ1) is 7.35. The Balaban J connectivity index is 4.61. The molecule has 0 aliphatic rings. The molecule has 0 aliphatic carbocycles. The zero-order valence-electron chi connectivity index (χ0n) is 10.2. The predicted molar refractivity (Wildman–Crippen MR) is 59.2 cm³/mol. The lowest BCUT2D eigenvalue weighted by atomic mass is 10.0. The molecule has 6 nitrogen and oxygen atoms in total. The van der Waals surface area contributed by atoms with Gasteiger partial charge >= 0.3 is 5.97 Å². The molecule has 0 radical (unpaired) electrons. The summed E-state index contributed by atoms with van der Waals surface area (Å²) in [5, 5.41) is 11.6. The summed E-state index contributed by atoms with van der Waals surface area (Å²) in [5.41, 5.74) is -0.775. The third kappa shape index (κ3) is 4.59. The first kappa shape index (κ1) is 14.9. The van der Waals surface area contributed by atoms with Gasteiger partial charge in [0.25, 0.3) is 0 Å². The smallest absolute Gasteiger partial charge is 0.323 e. The van der Waals surface area contributed by atoms with Crippen LogP contribution >= 0.6 is 0 Å². The Morgan fingerprint density at radius 3 is 2.38 bits per heavy atom. The molecule has 1 amide bonds. The van der Waals surface area contributed by atoms with Crippen LogP contribution in [-0.2, 0) is 14.3 Å². The van der Waals surface area contributed by atoms with Crippen molar-refractivity contribution in [2.45, 2.75) is 19.4 Å². The van der Waals surface area contributed by atoms with E-state index in [1.165, 1.54) is 12.0 Å². The maximum atomic E-state index is 12.0. The Kier molecular flexibility index (Phi) is 5.98. The fraction of sp³-hybridized carbons (Fsp3) is 0.800. The van der Waals surface area contributed by atoms with E-state index in [-0.39, 0.29) is 19.0 Å². The van der Waals surface area contributed by atoms with Crippen LogP contribution in [0.15, 0.2) is 0 Å². The van der Waals surface area contributed by atoms with E-state index in [4.69, 9.17) is 9.84 Å². The molecule has 0 aromatic carbocycles. The van der Waals surface area contributed by atoms with Gasteiger partial charge in [-0.15, -0.1) is 0 Å². The summed E-state index contributed by atoms with van der Waals surface area (Å²) in [5.74, 6) is -1.29. The number of carboxylic acid groups (broad SMARTS) is 1. The molecule has 0 fully saturated rings. The minimum Gasteiger partial charge on any atom is -0.480 e. The van der Waals surface area contributed by atoms with Gasteiger partial charge in [0.1, 0.15) is 6.54 Å². The molecule has 0 aromatic rings. The maximum absolute atomic E-state index is 12.0. The van der Waals surface area contributed by atoms with Gasteiger partial charge in [-0.05, 0) is 20.9 Å². The maximum Gasteiger partial charge on any atom is 0.323 e. The van der Waals surface area contributed by atoms with Crippen LogP contribution in [0.25, 0.3) is 0 Å². The molecular formula is C10H20N2O4. The molecule has 0 unspecified atom stereocenters. The monoisotopic (exact) mass is 232 g/mol. The molecule has 0 heterocycles. The van der Waals surface area contributed by atoms with Crippen molar-refractivity contribution >= 4 is 11.9 Å². The lowest BCUT2D eigenvalue weighted by Gasteiger charge is -2.30. The average molecular weight is 232 g/mol. The Morgan fingerprint density at radius 1 is 1.44 bits per heavy atom. The van der Waals surface area contributed by atoms with Crippen LogP contribution in [0.3, 0.4) is 0 Å². The SMILES string of the molecule is CNC(C)(C)C(=O)N(CCOC)CC(=O)O. The van der Waals surface area contributed by atoms with E-state index >= 15 is 0 Å². The quantitative estimate of drug-likeness (QED) is 0.621. The summed E-state index contributed by atoms with van der Waals surface area (Å²) in [4.78, 5) is 23.9. The highest BCUT2D eigenvalue weighted by Crippen LogP contribution is 2.07. The van der Waals surface area contributed by atoms with Crippen molar-refractivity contribution in [2.75, 3.05) is 33.9 Å². The molecule has 6 heteroatoms. The Morgan fingerprint density at radius 2 is 2.00 bits per heavy atom. The van der Waals surface area contributed by atoms with Gasteiger partial charge in [-0.1, -0.05) is 0 Å². The summed E-state index contributed by atoms with van der Waals surface area (Å²) >= 11 is 0. The summed E-state index contributed by atoms with van der Waals surface area (Å²) in [7, 11) is 3.17. The minimum absolute atomic E-state index is 0.255. The fourth-order valence-corrected chi connectivity index (χ4v) is 1.12. The van der Waals surface area contributed by atoms with Crippen LogP contribution in [0.5, 0.6) is 0 Å². The minimum atomic E-state index is -1.03. The molecule has 0 spiro atoms. The second-order valence-corrected chi connectivity index (χ2v) is 3.99. The van der Waals surface area contributed by atoms with Gasteiger partial charge in [0.15, 0.2) is 0 Å². The zero-order valence-corrected chi connectivity index (χ0v) is 10.2. The van der Waals surface area contributed by atoms with Crippen LogP contribution < -0.4 is 5.32 Å². The van der Waals surface area contributed by atoms with E-state index in [2.05, 4.69) is 5.32 Å². The number of hydrogen-bond donors (Lipinski definition) is 2. The number of carbonyl (C=O) groups excluding carboxylic acids is 1. The number of aliphatic carboxylic acids is 1. The van der Waals surface area contributed by atoms with Crippen LogP contribution in [0.4, 0.5) is 0 Å². The molecule has 0 bridgehead atoms. The number of likely N-dealkylation sites (N-methyl/N-ethyl adjacent to an activating group) is 1. The number of nitrogens with zero attached hydrogens (tertiary/aromatic N) is 1. The summed E-state index contributed by atoms with van der Waals surface area (Å²) in [6.07, 6.45) is 0. The summed E-state index contributed by atoms with van der Waals surface area (Å²) < 4.78 is 4.84. The fourth-order valence-electron chi connectivity index (χ4n) is 1.12. The van der Waals surface area contributed by atoms with E-state index < -0.39 is 11.5 Å². The Labute approximate surface area is 95.6 Å². The number of ether oxygens (including phenoxy) is 1. The number of nitrogens with one attached hydrogen (secondary N) is 1. The second kappa shape index (κ2) is 6.44. The van der Waals surface area contributed by atoms with E-state index in [1.807, 2.05) is 0 Å². The van der Waals surface area contributed by atoms with Gasteiger partial charge in [-0.25, -0.2) is 0 Å². The molecule has 0 aromatic heterocycles. The standard InChI is InChI=1S/C10H20N2O4/c1-10(2,11-3)9(15)12(5-6-16-4)7-8(13)14/h11H,5-7H2,1-4H3,(H,13,14). The topological polar surface area (TPSA) is 78.9 Å². The van der Waals surface area contributed by atoms with Gasteiger partial charge in [0, 0.05) is 13.7 Å². The number of carbonyl (C=O) groups is 2. The van der Waals surface area contributed by atoms with Crippen molar-refractivity contribution in [3.05, 3.63) is 0 Å². The van der Waals surface area contributed by atoms with Crippen LogP contribution in [0.2, 0.25) is 0 Å². The first-order valence-corrected chi connectivity index (χ1v) is 5.04. The molecule has 0 atom stereocenters. The lowest BCUT2D eigenvalue weighted by molar-refractivity contribution is -0.147. The van der Waals surface area contributed by atoms with Crippen molar-refractivity contribution < 1.29 is 19.4 Å². The number of amides is 1. The van der Waals surface area contributed by atoms with Gasteiger partial charge < -0.3 is 20.1 Å². The van der Waals surface area contributed by atoms with Crippen molar-refractivity contribution in [1.82, 2.24) is 10.2 Å². The van der Waals surface area contributed by atoms with Crippen LogP contribution in [0, 0.1) is 0 Å². The molecule has 94 valence electrons. The van der Waals surface area contributed by atoms with Crippen molar-refractivity contribution in [3.8, 4) is 0 Å². The molecule has 16 heavy (non-hydrogen) atoms. The first-order valence-electron chi connectivity index (χ1n) is 5.04. The molecule has 0 saturated heterocycles. The van der Waals surface area contributed by atoms with Crippen LogP contribution in [0.1, 0.15) is 13.8 Å². The van der Waals surface area contributed by atoms with Gasteiger partial charge in [0.2, 0.25) is 5.91 Å². The molecule has 0 saturated carbocycles. The van der Waals surface area contributed by atoms with E-state index in [9.17, 15) is 9.59 Å². The van der Waals surface area contributed by atoms with E-state index in [0.717, 1.165) is 0 Å². The number of hydrogen-bond acceptors (Lipinski definition) is 4. The Hall–Kier alpha value is -1.14.